The molecule has 0 aromatic heterocycles. The molecule has 4 nitrogen and oxygen atoms in total. The maximum atomic E-state index is 13.1. The van der Waals surface area contributed by atoms with Gasteiger partial charge in [-0.3, -0.25) is 0 Å². The molecule has 0 spiro atoms. The number of rotatable bonds is 4. The van der Waals surface area contributed by atoms with Gasteiger partial charge in [0.05, 0.1) is 6.04 Å². The van der Waals surface area contributed by atoms with Gasteiger partial charge in [-0.05, 0) is 30.7 Å². The van der Waals surface area contributed by atoms with Crippen LogP contribution in [0.4, 0.5) is 13.6 Å². The van der Waals surface area contributed by atoms with Gasteiger partial charge < -0.3 is 16.0 Å². The molecule has 0 saturated carbocycles. The number of nitrogens with one attached hydrogen (secondary N) is 1. The van der Waals surface area contributed by atoms with Gasteiger partial charge in [0.2, 0.25) is 0 Å². The van der Waals surface area contributed by atoms with E-state index in [-0.39, 0.29) is 12.1 Å². The van der Waals surface area contributed by atoms with E-state index >= 15 is 0 Å². The van der Waals surface area contributed by atoms with E-state index < -0.39 is 11.6 Å². The molecule has 0 radical (unpaired) electrons. The summed E-state index contributed by atoms with van der Waals surface area (Å²) >= 11 is 0. The van der Waals surface area contributed by atoms with E-state index in [1.54, 1.807) is 4.90 Å². The number of nitrogens with two attached hydrogens (primary N) is 1. The van der Waals surface area contributed by atoms with Crippen molar-refractivity contribution in [2.45, 2.75) is 12.5 Å². The summed E-state index contributed by atoms with van der Waals surface area (Å²) < 4.78 is 25.9. The van der Waals surface area contributed by atoms with Crippen LogP contribution in [0.3, 0.4) is 0 Å². The molecule has 1 aliphatic rings. The van der Waals surface area contributed by atoms with Crippen molar-refractivity contribution in [3.8, 4) is 0 Å². The highest BCUT2D eigenvalue weighted by Gasteiger charge is 2.29. The van der Waals surface area contributed by atoms with Gasteiger partial charge in [0.1, 0.15) is 0 Å². The number of amides is 2. The summed E-state index contributed by atoms with van der Waals surface area (Å²) in [6.45, 7) is 1.53. The molecule has 98 valence electrons. The quantitative estimate of drug-likeness (QED) is 0.854. The molecule has 1 aliphatic heterocycles. The Morgan fingerprint density at radius 1 is 1.39 bits per heavy atom. The number of halogens is 2. The van der Waals surface area contributed by atoms with Gasteiger partial charge in [-0.25, -0.2) is 13.6 Å². The number of nitrogens with zero attached hydrogens (tertiary/aromatic N) is 1. The molecule has 1 aromatic carbocycles. The molecule has 1 unspecified atom stereocenters. The number of hydrogen-bond donors (Lipinski definition) is 2. The van der Waals surface area contributed by atoms with Crippen LogP contribution in [-0.2, 0) is 0 Å². The zero-order valence-corrected chi connectivity index (χ0v) is 9.83. The molecular weight excluding hydrogens is 240 g/mol. The van der Waals surface area contributed by atoms with Crippen LogP contribution >= 0.6 is 0 Å². The normalized spacial score (nSPS) is 19.2. The van der Waals surface area contributed by atoms with Gasteiger partial charge >= 0.3 is 6.03 Å². The molecule has 1 saturated heterocycles. The average Bonchev–Trinajstić information content (AvgIpc) is 2.72. The Balaban J connectivity index is 2.07. The third-order valence-electron chi connectivity index (χ3n) is 2.97. The van der Waals surface area contributed by atoms with Gasteiger partial charge in [0.15, 0.2) is 11.6 Å². The van der Waals surface area contributed by atoms with E-state index in [0.717, 1.165) is 18.6 Å². The zero-order chi connectivity index (χ0) is 13.1. The fourth-order valence-electron chi connectivity index (χ4n) is 1.98. The summed E-state index contributed by atoms with van der Waals surface area (Å²) in [4.78, 5) is 13.2. The molecule has 1 atom stereocenters. The minimum absolute atomic E-state index is 0.196. The van der Waals surface area contributed by atoms with Gasteiger partial charge in [0.25, 0.3) is 0 Å². The predicted molar refractivity (Wildman–Crippen MR) is 62.9 cm³/mol. The van der Waals surface area contributed by atoms with E-state index in [9.17, 15) is 13.6 Å². The minimum Gasteiger partial charge on any atom is -0.330 e. The molecule has 0 bridgehead atoms. The van der Waals surface area contributed by atoms with Crippen LogP contribution in [0.2, 0.25) is 0 Å². The van der Waals surface area contributed by atoms with Crippen LogP contribution in [0.1, 0.15) is 18.0 Å². The second kappa shape index (κ2) is 5.30. The molecular formula is C12H15F2N3O. The number of carbonyl (C=O) groups is 1. The molecule has 3 N–H and O–H groups in total. The third kappa shape index (κ3) is 2.59. The maximum Gasteiger partial charge on any atom is 0.318 e. The van der Waals surface area contributed by atoms with Gasteiger partial charge in [-0.1, -0.05) is 6.07 Å². The lowest BCUT2D eigenvalue weighted by molar-refractivity contribution is 0.217. The Kier molecular flexibility index (Phi) is 3.76. The maximum absolute atomic E-state index is 13.1. The van der Waals surface area contributed by atoms with E-state index in [1.807, 2.05) is 0 Å². The molecule has 2 rings (SSSR count). The van der Waals surface area contributed by atoms with Gasteiger partial charge in [-0.15, -0.1) is 0 Å². The first-order valence-electron chi connectivity index (χ1n) is 5.82. The number of urea groups is 1. The molecule has 6 heteroatoms. The van der Waals surface area contributed by atoms with Crippen LogP contribution in [0.5, 0.6) is 0 Å². The SMILES string of the molecule is NCCCN1CC(c2ccc(F)c(F)c2)NC1=O. The summed E-state index contributed by atoms with van der Waals surface area (Å²) in [6.07, 6.45) is 0.720. The highest BCUT2D eigenvalue weighted by molar-refractivity contribution is 5.77. The zero-order valence-electron chi connectivity index (χ0n) is 9.83. The van der Waals surface area contributed by atoms with Gasteiger partial charge in [-0.2, -0.15) is 0 Å². The Labute approximate surface area is 104 Å². The Hall–Kier alpha value is -1.69. The van der Waals surface area contributed by atoms with Crippen molar-refractivity contribution in [2.75, 3.05) is 19.6 Å². The lowest BCUT2D eigenvalue weighted by atomic mass is 10.1. The predicted octanol–water partition coefficient (Wildman–Crippen LogP) is 1.38. The van der Waals surface area contributed by atoms with Crippen LogP contribution in [0.25, 0.3) is 0 Å². The van der Waals surface area contributed by atoms with Crippen molar-refractivity contribution in [2.24, 2.45) is 5.73 Å². The lowest BCUT2D eigenvalue weighted by Gasteiger charge is -2.13. The van der Waals surface area contributed by atoms with Crippen LogP contribution in [0, 0.1) is 11.6 Å². The first-order chi connectivity index (χ1) is 8.61. The summed E-state index contributed by atoms with van der Waals surface area (Å²) in [5, 5.41) is 2.73. The number of benzene rings is 1. The molecule has 1 fully saturated rings. The Morgan fingerprint density at radius 2 is 2.17 bits per heavy atom. The first-order valence-corrected chi connectivity index (χ1v) is 5.82. The van der Waals surface area contributed by atoms with Crippen LogP contribution in [0.15, 0.2) is 18.2 Å². The third-order valence-corrected chi connectivity index (χ3v) is 2.97. The molecule has 18 heavy (non-hydrogen) atoms. The van der Waals surface area contributed by atoms with Crippen molar-refractivity contribution >= 4 is 6.03 Å². The highest BCUT2D eigenvalue weighted by Crippen LogP contribution is 2.22. The molecule has 1 aromatic rings. The summed E-state index contributed by atoms with van der Waals surface area (Å²) in [7, 11) is 0. The van der Waals surface area contributed by atoms with Gasteiger partial charge in [0, 0.05) is 13.1 Å². The topological polar surface area (TPSA) is 58.4 Å². The smallest absolute Gasteiger partial charge is 0.318 e. The monoisotopic (exact) mass is 255 g/mol. The lowest BCUT2D eigenvalue weighted by Crippen LogP contribution is -2.30. The average molecular weight is 255 g/mol. The number of hydrogen-bond acceptors (Lipinski definition) is 2. The van der Waals surface area contributed by atoms with Crippen molar-refractivity contribution in [3.05, 3.63) is 35.4 Å². The van der Waals surface area contributed by atoms with Crippen molar-refractivity contribution in [3.63, 3.8) is 0 Å². The van der Waals surface area contributed by atoms with E-state index in [1.165, 1.54) is 6.07 Å². The van der Waals surface area contributed by atoms with Crippen LogP contribution < -0.4 is 11.1 Å². The fourth-order valence-corrected chi connectivity index (χ4v) is 1.98. The summed E-state index contributed by atoms with van der Waals surface area (Å²) in [6, 6.07) is 3.17. The Morgan fingerprint density at radius 3 is 2.83 bits per heavy atom. The largest absolute Gasteiger partial charge is 0.330 e. The highest BCUT2D eigenvalue weighted by atomic mass is 19.2. The molecule has 2 amide bonds. The standard InChI is InChI=1S/C12H15F2N3O/c13-9-3-2-8(6-10(9)14)11-7-17(5-1-4-15)12(18)16-11/h2-3,6,11H,1,4-5,7,15H2,(H,16,18). The fraction of sp³-hybridized carbons (Fsp3) is 0.417. The summed E-state index contributed by atoms with van der Waals surface area (Å²) in [5.74, 6) is -1.79. The van der Waals surface area contributed by atoms with Crippen molar-refractivity contribution in [1.29, 1.82) is 0 Å². The van der Waals surface area contributed by atoms with E-state index in [4.69, 9.17) is 5.73 Å². The second-order valence-corrected chi connectivity index (χ2v) is 4.26. The van der Waals surface area contributed by atoms with E-state index in [2.05, 4.69) is 5.32 Å². The molecule has 0 aliphatic carbocycles. The first kappa shape index (κ1) is 12.8. The van der Waals surface area contributed by atoms with E-state index in [0.29, 0.717) is 25.2 Å². The minimum atomic E-state index is -0.901. The Bertz CT molecular complexity index is 453. The molecule has 1 heterocycles. The van der Waals surface area contributed by atoms with Crippen LogP contribution in [-0.4, -0.2) is 30.6 Å². The van der Waals surface area contributed by atoms with Crippen molar-refractivity contribution < 1.29 is 13.6 Å². The van der Waals surface area contributed by atoms with Crippen molar-refractivity contribution in [1.82, 2.24) is 10.2 Å². The summed E-state index contributed by atoms with van der Waals surface area (Å²) in [5.41, 5.74) is 5.95. The second-order valence-electron chi connectivity index (χ2n) is 4.26. The number of carbonyl (C=O) groups excluding carboxylic acids is 1.